The third-order valence-electron chi connectivity index (χ3n) is 8.10. The fraction of sp³-hybridized carbons (Fsp3) is 0.821. The summed E-state index contributed by atoms with van der Waals surface area (Å²) in [7, 11) is 0. The van der Waals surface area contributed by atoms with Gasteiger partial charge >= 0.3 is 12.2 Å². The Bertz CT molecular complexity index is 976. The number of halogens is 3. The summed E-state index contributed by atoms with van der Waals surface area (Å²) in [5.41, 5.74) is 0.328. The highest BCUT2D eigenvalue weighted by molar-refractivity contribution is 5.84. The van der Waals surface area contributed by atoms with Crippen molar-refractivity contribution in [1.29, 1.82) is 5.26 Å². The maximum absolute atomic E-state index is 12.3. The zero-order valence-electron chi connectivity index (χ0n) is 24.9. The number of amides is 5. The smallest absolute Gasteiger partial charge is 0.350 e. The van der Waals surface area contributed by atoms with Gasteiger partial charge in [-0.3, -0.25) is 14.4 Å². The molecule has 2 aliphatic heterocycles. The van der Waals surface area contributed by atoms with Crippen molar-refractivity contribution in [3.8, 4) is 6.07 Å². The van der Waals surface area contributed by atoms with Crippen LogP contribution in [0.25, 0.3) is 0 Å². The number of rotatable bonds is 8. The number of alkyl halides is 3. The van der Waals surface area contributed by atoms with E-state index in [1.807, 2.05) is 6.07 Å². The fourth-order valence-electron chi connectivity index (χ4n) is 5.43. The van der Waals surface area contributed by atoms with Gasteiger partial charge in [0.05, 0.1) is 12.6 Å². The maximum Gasteiger partial charge on any atom is 0.406 e. The Balaban J connectivity index is 0.000000267. The first-order valence-electron chi connectivity index (χ1n) is 14.3. The molecule has 1 spiro atoms. The van der Waals surface area contributed by atoms with Gasteiger partial charge in [-0.25, -0.2) is 4.79 Å². The lowest BCUT2D eigenvalue weighted by atomic mass is 9.96. The molecule has 0 aromatic carbocycles. The lowest BCUT2D eigenvalue weighted by molar-refractivity contribution is -0.139. The number of urea groups is 1. The molecular formula is C28H45F3N6O4. The maximum atomic E-state index is 12.3. The van der Waals surface area contributed by atoms with Crippen molar-refractivity contribution in [1.82, 2.24) is 25.8 Å². The summed E-state index contributed by atoms with van der Waals surface area (Å²) < 4.78 is 37.0. The standard InChI is InChI=1S/C14H22F3N3O2.C10H13N3O2.C4H10/c1-4-19(8-14(15,16)17)12(22)18-5-11(21)20-6-9-10(7-20)13(9,2)3;11-5-8(12-6-14)3-7-4-10(1-2-10)13-9(7)15;1-4(2)3/h9-10H,4-8H2,1-3H3,(H,18,22);6-8H,1-4H2,(H,12,14)(H,13,15);4H,1-3H3. The summed E-state index contributed by atoms with van der Waals surface area (Å²) in [6.07, 6.45) is -0.610. The molecule has 2 saturated heterocycles. The topological polar surface area (TPSA) is 135 Å². The quantitative estimate of drug-likeness (QED) is 0.376. The van der Waals surface area contributed by atoms with Gasteiger partial charge in [-0.1, -0.05) is 34.6 Å². The van der Waals surface area contributed by atoms with E-state index in [0.29, 0.717) is 42.7 Å². The molecule has 0 aromatic heterocycles. The van der Waals surface area contributed by atoms with E-state index in [2.05, 4.69) is 50.6 Å². The van der Waals surface area contributed by atoms with Crippen LogP contribution in [0.4, 0.5) is 18.0 Å². The molecule has 4 fully saturated rings. The Labute approximate surface area is 240 Å². The molecule has 2 saturated carbocycles. The van der Waals surface area contributed by atoms with Crippen molar-refractivity contribution < 1.29 is 32.3 Å². The second-order valence-corrected chi connectivity index (χ2v) is 12.7. The van der Waals surface area contributed by atoms with Gasteiger partial charge in [0.2, 0.25) is 18.2 Å². The zero-order valence-corrected chi connectivity index (χ0v) is 24.9. The SMILES string of the molecule is CC(C)C.CCN(CC(F)(F)F)C(=O)NCC(=O)N1CC2C(C1)C2(C)C.N#CC(CC1CC2(CC2)NC1=O)NC=O. The Morgan fingerprint density at radius 2 is 1.78 bits per heavy atom. The van der Waals surface area contributed by atoms with E-state index in [1.165, 1.54) is 6.92 Å². The number of nitriles is 1. The fourth-order valence-corrected chi connectivity index (χ4v) is 5.43. The van der Waals surface area contributed by atoms with Gasteiger partial charge in [-0.2, -0.15) is 18.4 Å². The predicted octanol–water partition coefficient (Wildman–Crippen LogP) is 3.04. The molecule has 4 rings (SSSR count). The second-order valence-electron chi connectivity index (χ2n) is 12.7. The summed E-state index contributed by atoms with van der Waals surface area (Å²) in [6, 6.07) is 0.564. The van der Waals surface area contributed by atoms with Crippen LogP contribution in [0.5, 0.6) is 0 Å². The van der Waals surface area contributed by atoms with Gasteiger partial charge < -0.3 is 25.8 Å². The first-order valence-corrected chi connectivity index (χ1v) is 14.3. The molecule has 0 aromatic rings. The van der Waals surface area contributed by atoms with E-state index in [9.17, 15) is 32.3 Å². The number of carbonyl (C=O) groups excluding carboxylic acids is 4. The Morgan fingerprint density at radius 3 is 2.20 bits per heavy atom. The molecule has 0 bridgehead atoms. The third-order valence-corrected chi connectivity index (χ3v) is 8.10. The molecule has 0 radical (unpaired) electrons. The minimum atomic E-state index is -4.45. The van der Waals surface area contributed by atoms with Gasteiger partial charge in [-0.15, -0.1) is 0 Å². The van der Waals surface area contributed by atoms with Gasteiger partial charge in [-0.05, 0) is 55.8 Å². The first-order chi connectivity index (χ1) is 19.0. The van der Waals surface area contributed by atoms with Crippen LogP contribution in [0.1, 0.15) is 67.2 Å². The summed E-state index contributed by atoms with van der Waals surface area (Å²) in [5.74, 6) is 1.51. The summed E-state index contributed by atoms with van der Waals surface area (Å²) in [5, 5.41) is 16.4. The predicted molar refractivity (Wildman–Crippen MR) is 146 cm³/mol. The van der Waals surface area contributed by atoms with Crippen molar-refractivity contribution in [2.45, 2.75) is 85.0 Å². The molecule has 232 valence electrons. The summed E-state index contributed by atoms with van der Waals surface area (Å²) in [6.45, 7) is 12.0. The molecule has 4 atom stereocenters. The summed E-state index contributed by atoms with van der Waals surface area (Å²) in [4.78, 5) is 47.8. The van der Waals surface area contributed by atoms with Gasteiger partial charge in [0.25, 0.3) is 0 Å². The average Bonchev–Trinajstić information content (AvgIpc) is 3.55. The number of hydrogen-bond acceptors (Lipinski definition) is 5. The Morgan fingerprint density at radius 1 is 1.22 bits per heavy atom. The number of nitrogens with zero attached hydrogens (tertiary/aromatic N) is 3. The lowest BCUT2D eigenvalue weighted by Gasteiger charge is -2.25. The minimum Gasteiger partial charge on any atom is -0.350 e. The van der Waals surface area contributed by atoms with E-state index in [1.54, 1.807) is 4.90 Å². The monoisotopic (exact) mass is 586 g/mol. The largest absolute Gasteiger partial charge is 0.406 e. The molecule has 3 N–H and O–H groups in total. The number of fused-ring (bicyclic) bond motifs is 1. The Kier molecular flexibility index (Phi) is 11.5. The highest BCUT2D eigenvalue weighted by Crippen LogP contribution is 2.61. The highest BCUT2D eigenvalue weighted by atomic mass is 19.4. The van der Waals surface area contributed by atoms with Crippen LogP contribution in [0, 0.1) is 40.4 Å². The summed E-state index contributed by atoms with van der Waals surface area (Å²) >= 11 is 0. The van der Waals surface area contributed by atoms with E-state index in [4.69, 9.17) is 5.26 Å². The number of nitrogens with one attached hydrogen (secondary N) is 3. The molecule has 2 aliphatic carbocycles. The van der Waals surface area contributed by atoms with Gasteiger partial charge in [0.1, 0.15) is 12.6 Å². The second kappa shape index (κ2) is 13.7. The molecule has 2 heterocycles. The average molecular weight is 587 g/mol. The van der Waals surface area contributed by atoms with Crippen molar-refractivity contribution in [3.63, 3.8) is 0 Å². The number of piperidine rings is 1. The molecule has 10 nitrogen and oxygen atoms in total. The van der Waals surface area contributed by atoms with Crippen LogP contribution >= 0.6 is 0 Å². The van der Waals surface area contributed by atoms with Crippen LogP contribution < -0.4 is 16.0 Å². The number of hydrogen-bond donors (Lipinski definition) is 3. The highest BCUT2D eigenvalue weighted by Gasteiger charge is 2.62. The molecule has 4 aliphatic rings. The van der Waals surface area contributed by atoms with Crippen LogP contribution in [-0.2, 0) is 14.4 Å². The minimum absolute atomic E-state index is 0.0282. The van der Waals surface area contributed by atoms with E-state index < -0.39 is 24.8 Å². The van der Waals surface area contributed by atoms with E-state index in [-0.39, 0.29) is 41.8 Å². The third kappa shape index (κ3) is 10.1. The zero-order chi connectivity index (χ0) is 31.2. The van der Waals surface area contributed by atoms with Gasteiger partial charge in [0.15, 0.2) is 0 Å². The van der Waals surface area contributed by atoms with Crippen LogP contribution in [-0.4, -0.2) is 84.5 Å². The molecule has 41 heavy (non-hydrogen) atoms. The van der Waals surface area contributed by atoms with Crippen LogP contribution in [0.2, 0.25) is 0 Å². The normalized spacial score (nSPS) is 24.9. The molecule has 5 amide bonds. The molecule has 13 heteroatoms. The van der Waals surface area contributed by atoms with E-state index in [0.717, 1.165) is 25.2 Å². The number of likely N-dealkylation sites (tertiary alicyclic amines) is 1. The molecule has 4 unspecified atom stereocenters. The Hall–Kier alpha value is -3.04. The number of carbonyl (C=O) groups is 4. The van der Waals surface area contributed by atoms with Crippen molar-refractivity contribution in [2.75, 3.05) is 32.7 Å². The van der Waals surface area contributed by atoms with Crippen molar-refractivity contribution in [3.05, 3.63) is 0 Å². The van der Waals surface area contributed by atoms with Crippen LogP contribution in [0.3, 0.4) is 0 Å². The van der Waals surface area contributed by atoms with Gasteiger partial charge in [0, 0.05) is 31.1 Å². The van der Waals surface area contributed by atoms with Crippen molar-refractivity contribution >= 4 is 24.3 Å². The lowest BCUT2D eigenvalue weighted by Crippen LogP contribution is -2.48. The first kappa shape index (κ1) is 34.2. The van der Waals surface area contributed by atoms with E-state index >= 15 is 0 Å². The van der Waals surface area contributed by atoms with Crippen molar-refractivity contribution in [2.24, 2.45) is 29.1 Å². The molecular weight excluding hydrogens is 541 g/mol. The van der Waals surface area contributed by atoms with Crippen LogP contribution in [0.15, 0.2) is 0 Å².